The topological polar surface area (TPSA) is 55.2 Å². The molecule has 18 heavy (non-hydrogen) atoms. The highest BCUT2D eigenvalue weighted by Gasteiger charge is 2.21. The molecule has 0 N–H and O–H groups in total. The lowest BCUT2D eigenvalue weighted by molar-refractivity contribution is 0.488. The van der Waals surface area contributed by atoms with Gasteiger partial charge in [-0.2, -0.15) is 16.9 Å². The lowest BCUT2D eigenvalue weighted by atomic mass is 10.5. The van der Waals surface area contributed by atoms with Crippen molar-refractivity contribution in [1.29, 1.82) is 0 Å². The molecule has 1 aromatic heterocycles. The molecule has 0 aromatic carbocycles. The minimum atomic E-state index is -3.41. The Kier molecular flexibility index (Phi) is 6.48. The number of halogens is 1. The summed E-state index contributed by atoms with van der Waals surface area (Å²) < 4.78 is 27.3. The number of aromatic nitrogens is 2. The van der Waals surface area contributed by atoms with Crippen molar-refractivity contribution in [3.8, 4) is 0 Å². The summed E-state index contributed by atoms with van der Waals surface area (Å²) in [5, 5.41) is 4.03. The molecule has 0 aliphatic heterocycles. The van der Waals surface area contributed by atoms with Crippen molar-refractivity contribution >= 4 is 33.4 Å². The highest BCUT2D eigenvalue weighted by Crippen LogP contribution is 2.13. The van der Waals surface area contributed by atoms with Crippen LogP contribution in [-0.2, 0) is 16.6 Å². The first kappa shape index (κ1) is 15.8. The molecule has 8 heteroatoms. The Morgan fingerprint density at radius 1 is 1.56 bits per heavy atom. The number of sulfonamides is 1. The number of aryl methyl sites for hydroxylation is 1. The van der Waals surface area contributed by atoms with Crippen LogP contribution in [0.25, 0.3) is 0 Å². The summed E-state index contributed by atoms with van der Waals surface area (Å²) in [5.41, 5.74) is 0. The third-order valence-electron chi connectivity index (χ3n) is 2.45. The zero-order valence-corrected chi connectivity index (χ0v) is 12.9. The quantitative estimate of drug-likeness (QED) is 0.683. The number of thioether (sulfide) groups is 1. The van der Waals surface area contributed by atoms with Gasteiger partial charge in [-0.1, -0.05) is 0 Å². The molecule has 0 amide bonds. The number of hydrogen-bond donors (Lipinski definition) is 0. The summed E-state index contributed by atoms with van der Waals surface area (Å²) in [6, 6.07) is 0. The molecule has 0 aliphatic carbocycles. The maximum Gasteiger partial charge on any atom is 0.245 e. The Bertz CT molecular complexity index is 461. The van der Waals surface area contributed by atoms with E-state index in [1.165, 1.54) is 10.5 Å². The monoisotopic (exact) mass is 311 g/mol. The average Bonchev–Trinajstić information content (AvgIpc) is 2.82. The van der Waals surface area contributed by atoms with E-state index in [9.17, 15) is 8.42 Å². The van der Waals surface area contributed by atoms with Gasteiger partial charge in [0.15, 0.2) is 0 Å². The smallest absolute Gasteiger partial charge is 0.245 e. The molecule has 0 bridgehead atoms. The Morgan fingerprint density at radius 3 is 2.89 bits per heavy atom. The van der Waals surface area contributed by atoms with Crippen LogP contribution in [0.2, 0.25) is 0 Å². The molecule has 0 aliphatic rings. The SMILES string of the molecule is CSCCN(C)S(=O)(=O)c1cnn(CCCCl)c1. The normalized spacial score (nSPS) is 12.2. The standard InChI is InChI=1S/C10H18ClN3O2S2/c1-13(6-7-17-2)18(15,16)10-8-12-14(9-10)5-3-4-11/h8-9H,3-7H2,1-2H3. The molecular weight excluding hydrogens is 294 g/mol. The van der Waals surface area contributed by atoms with Gasteiger partial charge in [0.25, 0.3) is 0 Å². The van der Waals surface area contributed by atoms with Crippen molar-refractivity contribution < 1.29 is 8.42 Å². The van der Waals surface area contributed by atoms with Crippen LogP contribution in [0.5, 0.6) is 0 Å². The third-order valence-corrected chi connectivity index (χ3v) is 5.12. The van der Waals surface area contributed by atoms with E-state index < -0.39 is 10.0 Å². The number of nitrogens with zero attached hydrogens (tertiary/aromatic N) is 3. The minimum Gasteiger partial charge on any atom is -0.271 e. The summed E-state index contributed by atoms with van der Waals surface area (Å²) in [6.45, 7) is 1.13. The molecule has 0 spiro atoms. The molecule has 0 saturated heterocycles. The van der Waals surface area contributed by atoms with Gasteiger partial charge < -0.3 is 0 Å². The van der Waals surface area contributed by atoms with Crippen LogP contribution in [-0.4, -0.2) is 54.0 Å². The maximum absolute atomic E-state index is 12.2. The van der Waals surface area contributed by atoms with Crippen LogP contribution in [0.4, 0.5) is 0 Å². The van der Waals surface area contributed by atoms with Gasteiger partial charge in [0.2, 0.25) is 10.0 Å². The van der Waals surface area contributed by atoms with Crippen LogP contribution in [0.15, 0.2) is 17.3 Å². The van der Waals surface area contributed by atoms with Crippen molar-refractivity contribution in [3.63, 3.8) is 0 Å². The minimum absolute atomic E-state index is 0.237. The molecule has 0 fully saturated rings. The van der Waals surface area contributed by atoms with Crippen molar-refractivity contribution in [2.75, 3.05) is 31.5 Å². The van der Waals surface area contributed by atoms with Gasteiger partial charge in [-0.05, 0) is 12.7 Å². The average molecular weight is 312 g/mol. The second-order valence-electron chi connectivity index (χ2n) is 3.80. The molecule has 0 unspecified atom stereocenters. The number of hydrogen-bond acceptors (Lipinski definition) is 4. The molecule has 5 nitrogen and oxygen atoms in total. The van der Waals surface area contributed by atoms with E-state index in [4.69, 9.17) is 11.6 Å². The molecule has 1 rings (SSSR count). The molecular formula is C10H18ClN3O2S2. The van der Waals surface area contributed by atoms with E-state index >= 15 is 0 Å². The van der Waals surface area contributed by atoms with Crippen LogP contribution in [0.3, 0.4) is 0 Å². The van der Waals surface area contributed by atoms with E-state index in [1.54, 1.807) is 29.7 Å². The predicted octanol–water partition coefficient (Wildman–Crippen LogP) is 1.50. The van der Waals surface area contributed by atoms with Gasteiger partial charge in [-0.3, -0.25) is 4.68 Å². The van der Waals surface area contributed by atoms with Crippen molar-refractivity contribution in [2.45, 2.75) is 17.9 Å². The Balaban J connectivity index is 2.75. The van der Waals surface area contributed by atoms with Crippen molar-refractivity contribution in [3.05, 3.63) is 12.4 Å². The van der Waals surface area contributed by atoms with Crippen molar-refractivity contribution in [1.82, 2.24) is 14.1 Å². The van der Waals surface area contributed by atoms with Crippen LogP contribution >= 0.6 is 23.4 Å². The van der Waals surface area contributed by atoms with Gasteiger partial charge in [-0.25, -0.2) is 12.7 Å². The first-order chi connectivity index (χ1) is 8.52. The first-order valence-electron chi connectivity index (χ1n) is 5.56. The Hall–Kier alpha value is -0.240. The maximum atomic E-state index is 12.2. The van der Waals surface area contributed by atoms with E-state index in [0.29, 0.717) is 19.0 Å². The molecule has 0 radical (unpaired) electrons. The van der Waals surface area contributed by atoms with Crippen LogP contribution in [0, 0.1) is 0 Å². The van der Waals surface area contributed by atoms with Gasteiger partial charge in [0.05, 0.1) is 6.20 Å². The lowest BCUT2D eigenvalue weighted by Crippen LogP contribution is -2.28. The van der Waals surface area contributed by atoms with E-state index in [-0.39, 0.29) is 4.90 Å². The summed E-state index contributed by atoms with van der Waals surface area (Å²) in [4.78, 5) is 0.237. The number of rotatable bonds is 8. The fourth-order valence-electron chi connectivity index (χ4n) is 1.34. The zero-order chi connectivity index (χ0) is 13.6. The summed E-state index contributed by atoms with van der Waals surface area (Å²) in [6.07, 6.45) is 5.66. The zero-order valence-electron chi connectivity index (χ0n) is 10.5. The fourth-order valence-corrected chi connectivity index (χ4v) is 3.16. The van der Waals surface area contributed by atoms with E-state index in [0.717, 1.165) is 12.2 Å². The summed E-state index contributed by atoms with van der Waals surface area (Å²) in [7, 11) is -1.83. The van der Waals surface area contributed by atoms with E-state index in [2.05, 4.69) is 5.10 Å². The van der Waals surface area contributed by atoms with Crippen LogP contribution in [0.1, 0.15) is 6.42 Å². The highest BCUT2D eigenvalue weighted by molar-refractivity contribution is 7.98. The van der Waals surface area contributed by atoms with Gasteiger partial charge >= 0.3 is 0 Å². The summed E-state index contributed by atoms with van der Waals surface area (Å²) >= 11 is 7.20. The Labute approximate surface area is 118 Å². The van der Waals surface area contributed by atoms with Crippen LogP contribution < -0.4 is 0 Å². The summed E-state index contributed by atoms with van der Waals surface area (Å²) in [5.74, 6) is 1.31. The first-order valence-corrected chi connectivity index (χ1v) is 8.93. The highest BCUT2D eigenvalue weighted by atomic mass is 35.5. The number of alkyl halides is 1. The largest absolute Gasteiger partial charge is 0.271 e. The molecule has 104 valence electrons. The molecule has 0 saturated carbocycles. The Morgan fingerprint density at radius 2 is 2.28 bits per heavy atom. The third kappa shape index (κ3) is 4.15. The van der Waals surface area contributed by atoms with Gasteiger partial charge in [-0.15, -0.1) is 11.6 Å². The second kappa shape index (κ2) is 7.37. The second-order valence-corrected chi connectivity index (χ2v) is 7.21. The van der Waals surface area contributed by atoms with E-state index in [1.807, 2.05) is 6.26 Å². The van der Waals surface area contributed by atoms with Gasteiger partial charge in [0.1, 0.15) is 4.90 Å². The predicted molar refractivity (Wildman–Crippen MR) is 75.8 cm³/mol. The van der Waals surface area contributed by atoms with Gasteiger partial charge in [0, 0.05) is 38.0 Å². The molecule has 0 atom stereocenters. The van der Waals surface area contributed by atoms with Crippen molar-refractivity contribution in [2.24, 2.45) is 0 Å². The fraction of sp³-hybridized carbons (Fsp3) is 0.700. The molecule has 1 aromatic rings. The molecule has 1 heterocycles. The lowest BCUT2D eigenvalue weighted by Gasteiger charge is -2.14.